The molecule has 2 aromatic carbocycles. The standard InChI is InChI=1S/C22H20N4O/c1-2-3-7-12-27-22-11-10-18(17-8-5-4-6-9-17)13-20(22)26-21(16-25)19(14-23)15-24/h4-6,8-11,13,26H,2-3,7,12H2,1H3. The predicted molar refractivity (Wildman–Crippen MR) is 104 cm³/mol. The zero-order valence-electron chi connectivity index (χ0n) is 15.2. The molecule has 0 unspecified atom stereocenters. The van der Waals surface area contributed by atoms with Gasteiger partial charge in [0.15, 0.2) is 5.57 Å². The monoisotopic (exact) mass is 356 g/mol. The zero-order chi connectivity index (χ0) is 19.5. The molecule has 0 aliphatic heterocycles. The van der Waals surface area contributed by atoms with E-state index in [4.69, 9.17) is 15.3 Å². The number of unbranched alkanes of at least 4 members (excludes halogenated alkanes) is 2. The number of nitrogens with one attached hydrogen (secondary N) is 1. The molecule has 0 amide bonds. The van der Waals surface area contributed by atoms with E-state index in [2.05, 4.69) is 12.2 Å². The van der Waals surface area contributed by atoms with Crippen molar-refractivity contribution in [3.63, 3.8) is 0 Å². The Morgan fingerprint density at radius 1 is 0.926 bits per heavy atom. The maximum atomic E-state index is 9.33. The molecule has 0 radical (unpaired) electrons. The van der Waals surface area contributed by atoms with Crippen molar-refractivity contribution in [3.8, 4) is 35.1 Å². The van der Waals surface area contributed by atoms with Crippen molar-refractivity contribution >= 4 is 5.69 Å². The lowest BCUT2D eigenvalue weighted by Crippen LogP contribution is -2.05. The first-order chi connectivity index (χ1) is 13.2. The van der Waals surface area contributed by atoms with E-state index in [0.29, 0.717) is 18.0 Å². The largest absolute Gasteiger partial charge is 0.491 e. The quantitative estimate of drug-likeness (QED) is 0.521. The molecule has 0 aromatic heterocycles. The summed E-state index contributed by atoms with van der Waals surface area (Å²) in [5, 5.41) is 30.3. The number of nitrogens with zero attached hydrogens (tertiary/aromatic N) is 3. The highest BCUT2D eigenvalue weighted by Gasteiger charge is 2.12. The lowest BCUT2D eigenvalue weighted by atomic mass is 10.0. The molecule has 0 saturated carbocycles. The van der Waals surface area contributed by atoms with Crippen LogP contribution < -0.4 is 10.1 Å². The third-order valence-electron chi connectivity index (χ3n) is 3.94. The zero-order valence-corrected chi connectivity index (χ0v) is 15.2. The molecule has 0 bridgehead atoms. The van der Waals surface area contributed by atoms with Crippen LogP contribution in [0.3, 0.4) is 0 Å². The van der Waals surface area contributed by atoms with Gasteiger partial charge in [-0.1, -0.05) is 56.2 Å². The lowest BCUT2D eigenvalue weighted by molar-refractivity contribution is 0.308. The second kappa shape index (κ2) is 10.3. The highest BCUT2D eigenvalue weighted by Crippen LogP contribution is 2.32. The predicted octanol–water partition coefficient (Wildman–Crippen LogP) is 5.16. The van der Waals surface area contributed by atoms with Crippen molar-refractivity contribution in [2.45, 2.75) is 26.2 Å². The van der Waals surface area contributed by atoms with Crippen LogP contribution in [-0.2, 0) is 0 Å². The van der Waals surface area contributed by atoms with E-state index >= 15 is 0 Å². The van der Waals surface area contributed by atoms with Gasteiger partial charge in [0.05, 0.1) is 12.3 Å². The van der Waals surface area contributed by atoms with Crippen molar-refractivity contribution in [3.05, 3.63) is 59.8 Å². The molecule has 0 heterocycles. The Bertz CT molecular complexity index is 912. The Morgan fingerprint density at radius 3 is 2.30 bits per heavy atom. The molecular formula is C22H20N4O. The summed E-state index contributed by atoms with van der Waals surface area (Å²) in [6.45, 7) is 2.68. The molecule has 2 aromatic rings. The van der Waals surface area contributed by atoms with Crippen LogP contribution in [0.15, 0.2) is 59.8 Å². The summed E-state index contributed by atoms with van der Waals surface area (Å²) >= 11 is 0. The van der Waals surface area contributed by atoms with Crippen LogP contribution in [0.4, 0.5) is 5.69 Å². The number of hydrogen-bond donors (Lipinski definition) is 1. The van der Waals surface area contributed by atoms with Gasteiger partial charge < -0.3 is 10.1 Å². The van der Waals surface area contributed by atoms with E-state index in [9.17, 15) is 5.26 Å². The van der Waals surface area contributed by atoms with Crippen LogP contribution in [0.25, 0.3) is 11.1 Å². The van der Waals surface area contributed by atoms with Crippen molar-refractivity contribution < 1.29 is 4.74 Å². The fraction of sp³-hybridized carbons (Fsp3) is 0.227. The van der Waals surface area contributed by atoms with Crippen molar-refractivity contribution in [2.75, 3.05) is 11.9 Å². The van der Waals surface area contributed by atoms with Gasteiger partial charge in [-0.3, -0.25) is 0 Å². The van der Waals surface area contributed by atoms with Crippen LogP contribution in [0.2, 0.25) is 0 Å². The topological polar surface area (TPSA) is 92.6 Å². The molecule has 5 nitrogen and oxygen atoms in total. The summed E-state index contributed by atoms with van der Waals surface area (Å²) in [6, 6.07) is 20.8. The number of anilines is 1. The maximum Gasteiger partial charge on any atom is 0.163 e. The number of allylic oxidation sites excluding steroid dienone is 2. The number of benzene rings is 2. The summed E-state index contributed by atoms with van der Waals surface area (Å²) in [7, 11) is 0. The highest BCUT2D eigenvalue weighted by molar-refractivity contribution is 5.74. The van der Waals surface area contributed by atoms with Crippen molar-refractivity contribution in [2.24, 2.45) is 0 Å². The van der Waals surface area contributed by atoms with Crippen LogP contribution >= 0.6 is 0 Å². The molecule has 0 aliphatic carbocycles. The van der Waals surface area contributed by atoms with Gasteiger partial charge in [-0.25, -0.2) is 0 Å². The third kappa shape index (κ3) is 5.36. The molecule has 0 saturated heterocycles. The van der Waals surface area contributed by atoms with Gasteiger partial charge in [0.25, 0.3) is 0 Å². The van der Waals surface area contributed by atoms with Gasteiger partial charge in [-0.15, -0.1) is 0 Å². The fourth-order valence-corrected chi connectivity index (χ4v) is 2.52. The third-order valence-corrected chi connectivity index (χ3v) is 3.94. The van der Waals surface area contributed by atoms with Gasteiger partial charge in [-0.05, 0) is 29.7 Å². The average Bonchev–Trinajstić information content (AvgIpc) is 2.72. The number of hydrogen-bond acceptors (Lipinski definition) is 5. The van der Waals surface area contributed by atoms with Crippen LogP contribution in [0.5, 0.6) is 5.75 Å². The van der Waals surface area contributed by atoms with Gasteiger partial charge in [0.2, 0.25) is 0 Å². The first-order valence-corrected chi connectivity index (χ1v) is 8.77. The molecule has 2 rings (SSSR count). The number of rotatable bonds is 8. The van der Waals surface area contributed by atoms with Crippen LogP contribution in [0, 0.1) is 34.0 Å². The molecule has 0 aliphatic rings. The minimum absolute atomic E-state index is 0.0939. The molecular weight excluding hydrogens is 336 g/mol. The van der Waals surface area contributed by atoms with Crippen LogP contribution in [-0.4, -0.2) is 6.61 Å². The average molecular weight is 356 g/mol. The van der Waals surface area contributed by atoms with Gasteiger partial charge in [-0.2, -0.15) is 15.8 Å². The summed E-state index contributed by atoms with van der Waals surface area (Å²) in [4.78, 5) is 0. The maximum absolute atomic E-state index is 9.33. The van der Waals surface area contributed by atoms with Gasteiger partial charge in [0, 0.05) is 0 Å². The summed E-state index contributed by atoms with van der Waals surface area (Å²) in [5.41, 5.74) is 2.14. The molecule has 0 atom stereocenters. The first kappa shape index (κ1) is 19.6. The Hall–Kier alpha value is -3.75. The lowest BCUT2D eigenvalue weighted by Gasteiger charge is -2.14. The normalized spacial score (nSPS) is 9.41. The molecule has 27 heavy (non-hydrogen) atoms. The Morgan fingerprint density at radius 2 is 1.67 bits per heavy atom. The molecule has 0 fully saturated rings. The van der Waals surface area contributed by atoms with Gasteiger partial charge >= 0.3 is 0 Å². The summed E-state index contributed by atoms with van der Waals surface area (Å²) in [5.74, 6) is 0.578. The fourth-order valence-electron chi connectivity index (χ4n) is 2.52. The van der Waals surface area contributed by atoms with Crippen molar-refractivity contribution in [1.82, 2.24) is 0 Å². The Kier molecular flexibility index (Phi) is 7.46. The minimum atomic E-state index is -0.264. The van der Waals surface area contributed by atoms with Gasteiger partial charge in [0.1, 0.15) is 29.7 Å². The summed E-state index contributed by atoms with van der Waals surface area (Å²) < 4.78 is 5.86. The molecule has 5 heteroatoms. The Balaban J connectivity index is 2.40. The smallest absolute Gasteiger partial charge is 0.163 e. The number of nitriles is 3. The SMILES string of the molecule is CCCCCOc1ccc(-c2ccccc2)cc1NC(C#N)=C(C#N)C#N. The van der Waals surface area contributed by atoms with Crippen LogP contribution in [0.1, 0.15) is 26.2 Å². The van der Waals surface area contributed by atoms with E-state index < -0.39 is 0 Å². The van der Waals surface area contributed by atoms with E-state index in [1.54, 1.807) is 12.1 Å². The van der Waals surface area contributed by atoms with E-state index in [-0.39, 0.29) is 11.3 Å². The van der Waals surface area contributed by atoms with Crippen molar-refractivity contribution in [1.29, 1.82) is 15.8 Å². The van der Waals surface area contributed by atoms with E-state index in [1.165, 1.54) is 0 Å². The highest BCUT2D eigenvalue weighted by atomic mass is 16.5. The second-order valence-electron chi connectivity index (χ2n) is 5.84. The first-order valence-electron chi connectivity index (χ1n) is 8.77. The van der Waals surface area contributed by atoms with E-state index in [0.717, 1.165) is 30.4 Å². The number of ether oxygens (including phenoxy) is 1. The van der Waals surface area contributed by atoms with E-state index in [1.807, 2.05) is 54.6 Å². The molecule has 1 N–H and O–H groups in total. The molecule has 134 valence electrons. The minimum Gasteiger partial charge on any atom is -0.491 e. The second-order valence-corrected chi connectivity index (χ2v) is 5.84. The summed E-state index contributed by atoms with van der Waals surface area (Å²) in [6.07, 6.45) is 3.09. The molecule has 0 spiro atoms. The Labute approximate surface area is 159 Å².